The first kappa shape index (κ1) is 17.6. The van der Waals surface area contributed by atoms with Crippen molar-refractivity contribution >= 4 is 32.9 Å². The van der Waals surface area contributed by atoms with Gasteiger partial charge < -0.3 is 9.64 Å². The lowest BCUT2D eigenvalue weighted by Crippen LogP contribution is -2.37. The Morgan fingerprint density at radius 3 is 3.18 bits per heavy atom. The van der Waals surface area contributed by atoms with E-state index in [1.165, 1.54) is 0 Å². The molecule has 0 radical (unpaired) electrons. The second-order valence-corrected chi connectivity index (χ2v) is 6.72. The van der Waals surface area contributed by atoms with Gasteiger partial charge in [0.2, 0.25) is 5.88 Å². The molecule has 1 aromatic heterocycles. The molecule has 0 aromatic carbocycles. The second-order valence-electron chi connectivity index (χ2n) is 5.10. The van der Waals surface area contributed by atoms with Gasteiger partial charge in [0.25, 0.3) is 11.3 Å². The van der Waals surface area contributed by atoms with Crippen molar-refractivity contribution in [2.45, 2.75) is 25.4 Å². The van der Waals surface area contributed by atoms with Crippen LogP contribution in [0, 0.1) is 0 Å². The lowest BCUT2D eigenvalue weighted by molar-refractivity contribution is 0.131. The molecule has 1 aliphatic heterocycles. The van der Waals surface area contributed by atoms with Crippen LogP contribution >= 0.6 is 15.9 Å². The zero-order chi connectivity index (χ0) is 15.9. The maximum atomic E-state index is 13.3. The molecule has 6 nitrogen and oxygen atoms in total. The number of aromatic nitrogens is 1. The summed E-state index contributed by atoms with van der Waals surface area (Å²) in [5, 5.41) is 0. The normalized spacial score (nSPS) is 20.6. The van der Waals surface area contributed by atoms with Crippen molar-refractivity contribution < 1.29 is 17.9 Å². The second kappa shape index (κ2) is 8.76. The highest BCUT2D eigenvalue weighted by Crippen LogP contribution is 2.25. The molecule has 124 valence electrons. The van der Waals surface area contributed by atoms with Crippen LogP contribution in [0.15, 0.2) is 16.7 Å². The molecule has 22 heavy (non-hydrogen) atoms. The van der Waals surface area contributed by atoms with Gasteiger partial charge in [-0.3, -0.25) is 9.27 Å². The molecule has 0 bridgehead atoms. The molecule has 1 saturated heterocycles. The first-order valence-corrected chi connectivity index (χ1v) is 8.97. The standard InChI is InChI=1S/C13H19BrFN3O3S/c14-10-7-12(17-22(19)20)13(16-8-10)21-6-2-5-18-4-1-3-11(15)9-18/h7-8,11,17H,1-6,9H2,(H,19,20). The highest BCUT2D eigenvalue weighted by Gasteiger charge is 2.18. The molecule has 0 saturated carbocycles. The quantitative estimate of drug-likeness (QED) is 0.548. The van der Waals surface area contributed by atoms with Crippen molar-refractivity contribution in [3.63, 3.8) is 0 Å². The fraction of sp³-hybridized carbons (Fsp3) is 0.615. The van der Waals surface area contributed by atoms with Gasteiger partial charge in [-0.25, -0.2) is 13.6 Å². The number of ether oxygens (including phenoxy) is 1. The predicted octanol–water partition coefficient (Wildman–Crippen LogP) is 2.60. The Bertz CT molecular complexity index is 523. The van der Waals surface area contributed by atoms with Gasteiger partial charge >= 0.3 is 0 Å². The van der Waals surface area contributed by atoms with Crippen molar-refractivity contribution in [2.24, 2.45) is 0 Å². The van der Waals surface area contributed by atoms with Gasteiger partial charge in [0.15, 0.2) is 0 Å². The van der Waals surface area contributed by atoms with Crippen LogP contribution in [0.4, 0.5) is 10.1 Å². The molecule has 0 aliphatic carbocycles. The first-order valence-electron chi connectivity index (χ1n) is 7.07. The molecule has 1 aromatic rings. The predicted molar refractivity (Wildman–Crippen MR) is 87.0 cm³/mol. The van der Waals surface area contributed by atoms with E-state index < -0.39 is 17.4 Å². The van der Waals surface area contributed by atoms with E-state index in [4.69, 9.17) is 9.29 Å². The highest BCUT2D eigenvalue weighted by atomic mass is 79.9. The minimum atomic E-state index is -2.19. The Kier molecular flexibility index (Phi) is 7.00. The molecule has 2 rings (SSSR count). The molecule has 1 aliphatic rings. The van der Waals surface area contributed by atoms with Crippen molar-refractivity contribution in [3.8, 4) is 5.88 Å². The number of halogens is 2. The molecule has 0 amide bonds. The zero-order valence-electron chi connectivity index (χ0n) is 12.0. The molecule has 2 N–H and O–H groups in total. The lowest BCUT2D eigenvalue weighted by atomic mass is 10.1. The monoisotopic (exact) mass is 395 g/mol. The minimum absolute atomic E-state index is 0.271. The van der Waals surface area contributed by atoms with Gasteiger partial charge in [-0.1, -0.05) is 0 Å². The van der Waals surface area contributed by atoms with Crippen LogP contribution in [0.2, 0.25) is 0 Å². The van der Waals surface area contributed by atoms with Gasteiger partial charge in [-0.2, -0.15) is 0 Å². The van der Waals surface area contributed by atoms with Crippen LogP contribution in [-0.2, 0) is 11.3 Å². The van der Waals surface area contributed by atoms with Gasteiger partial charge in [0.05, 0.1) is 6.61 Å². The van der Waals surface area contributed by atoms with Gasteiger partial charge in [0.1, 0.15) is 11.9 Å². The molecule has 9 heteroatoms. The van der Waals surface area contributed by atoms with E-state index in [2.05, 4.69) is 30.5 Å². The fourth-order valence-electron chi connectivity index (χ4n) is 2.37. The number of hydrogen-bond donors (Lipinski definition) is 2. The summed E-state index contributed by atoms with van der Waals surface area (Å²) in [6.45, 7) is 2.60. The number of rotatable bonds is 7. The van der Waals surface area contributed by atoms with Crippen molar-refractivity contribution in [2.75, 3.05) is 31.0 Å². The molecule has 2 heterocycles. The number of likely N-dealkylation sites (tertiary alicyclic amines) is 1. The number of hydrogen-bond acceptors (Lipinski definition) is 4. The summed E-state index contributed by atoms with van der Waals surface area (Å²) in [7, 11) is 0. The summed E-state index contributed by atoms with van der Waals surface area (Å²) in [4.78, 5) is 6.17. The minimum Gasteiger partial charge on any atom is -0.476 e. The average molecular weight is 396 g/mol. The van der Waals surface area contributed by atoms with Gasteiger partial charge in [-0.05, 0) is 47.8 Å². The van der Waals surface area contributed by atoms with E-state index in [0.29, 0.717) is 29.7 Å². The SMILES string of the molecule is O=S(O)Nc1cc(Br)cnc1OCCCN1CCCC(F)C1. The molecular formula is C13H19BrFN3O3S. The summed E-state index contributed by atoms with van der Waals surface area (Å²) in [5.74, 6) is 0.271. The smallest absolute Gasteiger partial charge is 0.259 e. The van der Waals surface area contributed by atoms with E-state index in [1.807, 2.05) is 0 Å². The first-order chi connectivity index (χ1) is 10.5. The Morgan fingerprint density at radius 1 is 1.64 bits per heavy atom. The topological polar surface area (TPSA) is 74.7 Å². The maximum absolute atomic E-state index is 13.3. The van der Waals surface area contributed by atoms with E-state index in [9.17, 15) is 8.60 Å². The third-order valence-corrected chi connectivity index (χ3v) is 4.15. The van der Waals surface area contributed by atoms with Gasteiger partial charge in [-0.15, -0.1) is 0 Å². The summed E-state index contributed by atoms with van der Waals surface area (Å²) < 4.78 is 41.6. The summed E-state index contributed by atoms with van der Waals surface area (Å²) >= 11 is 1.05. The maximum Gasteiger partial charge on any atom is 0.259 e. The molecular weight excluding hydrogens is 377 g/mol. The lowest BCUT2D eigenvalue weighted by Gasteiger charge is -2.28. The summed E-state index contributed by atoms with van der Waals surface area (Å²) in [5.41, 5.74) is 0.344. The van der Waals surface area contributed by atoms with E-state index >= 15 is 0 Å². The van der Waals surface area contributed by atoms with Crippen molar-refractivity contribution in [1.82, 2.24) is 9.88 Å². The van der Waals surface area contributed by atoms with Crippen LogP contribution in [-0.4, -0.2) is 51.1 Å². The number of nitrogens with one attached hydrogen (secondary N) is 1. The van der Waals surface area contributed by atoms with Crippen LogP contribution in [0.5, 0.6) is 5.88 Å². The summed E-state index contributed by atoms with van der Waals surface area (Å²) in [6.07, 6.45) is 3.12. The largest absolute Gasteiger partial charge is 0.476 e. The summed E-state index contributed by atoms with van der Waals surface area (Å²) in [6, 6.07) is 1.62. The fourth-order valence-corrected chi connectivity index (χ4v) is 3.03. The molecule has 0 spiro atoms. The zero-order valence-corrected chi connectivity index (χ0v) is 14.4. The van der Waals surface area contributed by atoms with Crippen LogP contribution < -0.4 is 9.46 Å². The number of anilines is 1. The molecule has 2 atom stereocenters. The van der Waals surface area contributed by atoms with Gasteiger partial charge in [0, 0.05) is 23.8 Å². The Balaban J connectivity index is 1.80. The Labute approximate surface area is 140 Å². The third kappa shape index (κ3) is 5.79. The average Bonchev–Trinajstić information content (AvgIpc) is 2.45. The number of alkyl halides is 1. The molecule has 2 unspecified atom stereocenters. The van der Waals surface area contributed by atoms with Crippen molar-refractivity contribution in [3.05, 3.63) is 16.7 Å². The Morgan fingerprint density at radius 2 is 2.45 bits per heavy atom. The van der Waals surface area contributed by atoms with Crippen molar-refractivity contribution in [1.29, 1.82) is 0 Å². The Hall–Kier alpha value is -0.770. The van der Waals surface area contributed by atoms with E-state index in [0.717, 1.165) is 25.9 Å². The van der Waals surface area contributed by atoms with Crippen LogP contribution in [0.3, 0.4) is 0 Å². The van der Waals surface area contributed by atoms with Crippen LogP contribution in [0.1, 0.15) is 19.3 Å². The third-order valence-electron chi connectivity index (χ3n) is 3.32. The highest BCUT2D eigenvalue weighted by molar-refractivity contribution is 9.10. The van der Waals surface area contributed by atoms with Crippen LogP contribution in [0.25, 0.3) is 0 Å². The number of piperidine rings is 1. The molecule has 1 fully saturated rings. The van der Waals surface area contributed by atoms with E-state index in [1.54, 1.807) is 12.3 Å². The number of nitrogens with zero attached hydrogens (tertiary/aromatic N) is 2. The van der Waals surface area contributed by atoms with E-state index in [-0.39, 0.29) is 5.88 Å². The number of pyridine rings is 1.